The second-order valence-corrected chi connectivity index (χ2v) is 7.24. The second kappa shape index (κ2) is 8.29. The van der Waals surface area contributed by atoms with Crippen molar-refractivity contribution in [1.82, 2.24) is 0 Å². The van der Waals surface area contributed by atoms with E-state index in [0.29, 0.717) is 23.0 Å². The summed E-state index contributed by atoms with van der Waals surface area (Å²) in [6.07, 6.45) is -0.464. The van der Waals surface area contributed by atoms with Gasteiger partial charge in [0.05, 0.1) is 40.6 Å². The molecule has 0 unspecified atom stereocenters. The van der Waals surface area contributed by atoms with Crippen molar-refractivity contribution in [2.24, 2.45) is 11.8 Å². The van der Waals surface area contributed by atoms with Crippen LogP contribution in [0.25, 0.3) is 0 Å². The number of hydrogen-bond donors (Lipinski definition) is 2. The minimum Gasteiger partial charge on any atom is -0.502 e. The van der Waals surface area contributed by atoms with E-state index in [9.17, 15) is 10.2 Å². The van der Waals surface area contributed by atoms with Gasteiger partial charge in [0.25, 0.3) is 0 Å². The topological polar surface area (TPSA) is 86.6 Å². The Kier molecular flexibility index (Phi) is 5.98. The minimum absolute atomic E-state index is 0.0398. The van der Waals surface area contributed by atoms with Crippen LogP contribution in [-0.2, 0) is 4.74 Å². The van der Waals surface area contributed by atoms with Gasteiger partial charge in [0.15, 0.2) is 23.0 Å². The molecule has 0 amide bonds. The number of aromatic hydroxyl groups is 2. The molecule has 1 saturated heterocycles. The average Bonchev–Trinajstić information content (AvgIpc) is 3.03. The fraction of sp³-hybridized carbons (Fsp3) is 0.455. The zero-order valence-electron chi connectivity index (χ0n) is 17.6. The lowest BCUT2D eigenvalue weighted by Gasteiger charge is -2.19. The molecule has 0 radical (unpaired) electrons. The Bertz CT molecular complexity index is 758. The molecule has 1 fully saturated rings. The second-order valence-electron chi connectivity index (χ2n) is 7.24. The largest absolute Gasteiger partial charge is 0.502 e. The molecule has 2 aromatic rings. The molecule has 2 N–H and O–H groups in total. The molecule has 0 saturated carbocycles. The van der Waals surface area contributed by atoms with Crippen LogP contribution < -0.4 is 18.9 Å². The van der Waals surface area contributed by atoms with E-state index < -0.39 is 0 Å². The number of hydrogen-bond acceptors (Lipinski definition) is 7. The van der Waals surface area contributed by atoms with E-state index in [0.717, 1.165) is 11.1 Å². The van der Waals surface area contributed by atoms with Gasteiger partial charge in [-0.05, 0) is 47.2 Å². The van der Waals surface area contributed by atoms with Crippen LogP contribution in [0.5, 0.6) is 34.5 Å². The van der Waals surface area contributed by atoms with Crippen molar-refractivity contribution in [2.45, 2.75) is 26.1 Å². The fourth-order valence-electron chi connectivity index (χ4n) is 3.88. The van der Waals surface area contributed by atoms with Crippen molar-refractivity contribution in [3.8, 4) is 34.5 Å². The maximum Gasteiger partial charge on any atom is 0.200 e. The molecule has 0 aliphatic carbocycles. The molecule has 1 aliphatic rings. The summed E-state index contributed by atoms with van der Waals surface area (Å²) < 4.78 is 27.6. The van der Waals surface area contributed by atoms with Crippen molar-refractivity contribution in [3.63, 3.8) is 0 Å². The van der Waals surface area contributed by atoms with Gasteiger partial charge in [0.2, 0.25) is 11.5 Å². The van der Waals surface area contributed by atoms with E-state index in [2.05, 4.69) is 13.8 Å². The summed E-state index contributed by atoms with van der Waals surface area (Å²) in [4.78, 5) is 0. The minimum atomic E-state index is -0.232. The third kappa shape index (κ3) is 3.62. The van der Waals surface area contributed by atoms with Gasteiger partial charge in [-0.2, -0.15) is 0 Å². The first kappa shape index (κ1) is 20.9. The Morgan fingerprint density at radius 2 is 0.897 bits per heavy atom. The SMILES string of the molecule is COc1cc([C@@H]2O[C@@H](c3cc(OC)c(O)c(OC)c3)[C@@H](C)[C@@H]2C)cc(OC)c1O. The highest BCUT2D eigenvalue weighted by Crippen LogP contribution is 2.52. The van der Waals surface area contributed by atoms with Crippen LogP contribution in [0.4, 0.5) is 0 Å². The van der Waals surface area contributed by atoms with Crippen molar-refractivity contribution in [2.75, 3.05) is 28.4 Å². The predicted octanol–water partition coefficient (Wildman–Crippen LogP) is 4.22. The summed E-state index contributed by atoms with van der Waals surface area (Å²) in [5.41, 5.74) is 1.71. The number of phenols is 2. The monoisotopic (exact) mass is 404 g/mol. The van der Waals surface area contributed by atoms with E-state index >= 15 is 0 Å². The number of ether oxygens (including phenoxy) is 5. The van der Waals surface area contributed by atoms with Crippen LogP contribution in [0.3, 0.4) is 0 Å². The van der Waals surface area contributed by atoms with Crippen LogP contribution in [0, 0.1) is 11.8 Å². The predicted molar refractivity (Wildman–Crippen MR) is 107 cm³/mol. The highest BCUT2D eigenvalue weighted by atomic mass is 16.5. The lowest BCUT2D eigenvalue weighted by Crippen LogP contribution is -2.10. The van der Waals surface area contributed by atoms with Crippen molar-refractivity contribution >= 4 is 0 Å². The molecule has 158 valence electrons. The highest BCUT2D eigenvalue weighted by Gasteiger charge is 2.41. The van der Waals surface area contributed by atoms with Gasteiger partial charge in [0, 0.05) is 0 Å². The maximum absolute atomic E-state index is 10.2. The first-order chi connectivity index (χ1) is 13.9. The zero-order valence-corrected chi connectivity index (χ0v) is 17.6. The van der Waals surface area contributed by atoms with Crippen molar-refractivity contribution in [1.29, 1.82) is 0 Å². The molecule has 0 spiro atoms. The standard InChI is InChI=1S/C22H28O7/c1-11-12(2)22(14-9-17(27-5)20(24)18(10-14)28-6)29-21(11)13-7-15(25-3)19(23)16(8-13)26-4/h7-12,21-24H,1-6H3/t11-,12-,21+,22+/m0/s1. The molecule has 7 heteroatoms. The van der Waals surface area contributed by atoms with E-state index in [4.69, 9.17) is 23.7 Å². The van der Waals surface area contributed by atoms with Gasteiger partial charge >= 0.3 is 0 Å². The molecule has 1 aliphatic heterocycles. The number of methoxy groups -OCH3 is 4. The molecule has 29 heavy (non-hydrogen) atoms. The number of benzene rings is 2. The summed E-state index contributed by atoms with van der Waals surface area (Å²) in [7, 11) is 5.99. The lowest BCUT2D eigenvalue weighted by atomic mass is 9.85. The lowest BCUT2D eigenvalue weighted by molar-refractivity contribution is 0.0285. The number of rotatable bonds is 6. The van der Waals surface area contributed by atoms with Gasteiger partial charge < -0.3 is 33.9 Å². The average molecular weight is 404 g/mol. The first-order valence-corrected chi connectivity index (χ1v) is 9.41. The summed E-state index contributed by atoms with van der Waals surface area (Å²) in [5, 5.41) is 20.4. The third-order valence-electron chi connectivity index (χ3n) is 5.74. The van der Waals surface area contributed by atoms with Gasteiger partial charge in [0.1, 0.15) is 0 Å². The van der Waals surface area contributed by atoms with Crippen LogP contribution in [0.15, 0.2) is 24.3 Å². The molecule has 7 nitrogen and oxygen atoms in total. The number of phenolic OH excluding ortho intramolecular Hbond substituents is 2. The molecule has 1 heterocycles. The molecule has 3 rings (SSSR count). The Balaban J connectivity index is 2.00. The van der Waals surface area contributed by atoms with Gasteiger partial charge in [-0.25, -0.2) is 0 Å². The van der Waals surface area contributed by atoms with Crippen molar-refractivity contribution < 1.29 is 33.9 Å². The van der Waals surface area contributed by atoms with Crippen LogP contribution in [-0.4, -0.2) is 38.7 Å². The fourth-order valence-corrected chi connectivity index (χ4v) is 3.88. The Labute approximate surface area is 170 Å². The van der Waals surface area contributed by atoms with E-state index in [1.165, 1.54) is 28.4 Å². The molecular weight excluding hydrogens is 376 g/mol. The van der Waals surface area contributed by atoms with Crippen molar-refractivity contribution in [3.05, 3.63) is 35.4 Å². The molecule has 4 atom stereocenters. The summed E-state index contributed by atoms with van der Waals surface area (Å²) in [6, 6.07) is 7.08. The zero-order chi connectivity index (χ0) is 21.3. The van der Waals surface area contributed by atoms with Gasteiger partial charge in [-0.3, -0.25) is 0 Å². The maximum atomic E-state index is 10.2. The quantitative estimate of drug-likeness (QED) is 0.745. The van der Waals surface area contributed by atoms with Gasteiger partial charge in [-0.15, -0.1) is 0 Å². The Morgan fingerprint density at radius 1 is 0.621 bits per heavy atom. The van der Waals surface area contributed by atoms with Crippen LogP contribution >= 0.6 is 0 Å². The van der Waals surface area contributed by atoms with Crippen LogP contribution in [0.2, 0.25) is 0 Å². The molecule has 0 bridgehead atoms. The summed E-state index contributed by atoms with van der Waals surface area (Å²) in [5.74, 6) is 1.59. The summed E-state index contributed by atoms with van der Waals surface area (Å²) >= 11 is 0. The van der Waals surface area contributed by atoms with E-state index in [1.54, 1.807) is 24.3 Å². The van der Waals surface area contributed by atoms with Crippen LogP contribution in [0.1, 0.15) is 37.2 Å². The highest BCUT2D eigenvalue weighted by molar-refractivity contribution is 5.55. The van der Waals surface area contributed by atoms with E-state index in [1.807, 2.05) is 0 Å². The molecule has 2 aromatic carbocycles. The van der Waals surface area contributed by atoms with Gasteiger partial charge in [-0.1, -0.05) is 13.8 Å². The van der Waals surface area contributed by atoms with E-state index in [-0.39, 0.29) is 35.5 Å². The normalized spacial score (nSPS) is 23.7. The Hall–Kier alpha value is -2.80. The summed E-state index contributed by atoms with van der Waals surface area (Å²) in [6.45, 7) is 4.24. The third-order valence-corrected chi connectivity index (χ3v) is 5.74. The Morgan fingerprint density at radius 3 is 1.14 bits per heavy atom. The molecular formula is C22H28O7. The molecule has 0 aromatic heterocycles. The first-order valence-electron chi connectivity index (χ1n) is 9.41. The smallest absolute Gasteiger partial charge is 0.200 e.